The molecule has 0 unspecified atom stereocenters. The van der Waals surface area contributed by atoms with Gasteiger partial charge in [0.15, 0.2) is 0 Å². The Morgan fingerprint density at radius 3 is 2.58 bits per heavy atom. The van der Waals surface area contributed by atoms with Crippen molar-refractivity contribution in [2.24, 2.45) is 5.41 Å². The Morgan fingerprint density at radius 1 is 1.21 bits per heavy atom. The topological polar surface area (TPSA) is 58.1 Å². The molecule has 0 aliphatic carbocycles. The van der Waals surface area contributed by atoms with Crippen molar-refractivity contribution in [3.05, 3.63) is 28.9 Å². The quantitative estimate of drug-likeness (QED) is 0.916. The maximum absolute atomic E-state index is 12.8. The van der Waals surface area contributed by atoms with Gasteiger partial charge in [-0.2, -0.15) is 0 Å². The fourth-order valence-electron chi connectivity index (χ4n) is 3.14. The molecule has 0 radical (unpaired) electrons. The highest BCUT2D eigenvalue weighted by Gasteiger charge is 2.27. The van der Waals surface area contributed by atoms with Crippen LogP contribution in [-0.2, 0) is 0 Å². The van der Waals surface area contributed by atoms with Crippen molar-refractivity contribution in [3.8, 4) is 0 Å². The Hall–Kier alpha value is -1.91. The average Bonchev–Trinajstić information content (AvgIpc) is 2.66. The molecule has 1 amide bonds. The van der Waals surface area contributed by atoms with Gasteiger partial charge in [0.25, 0.3) is 5.91 Å². The first-order valence-electron chi connectivity index (χ1n) is 8.78. The van der Waals surface area contributed by atoms with Crippen LogP contribution in [0.5, 0.6) is 0 Å². The van der Waals surface area contributed by atoms with Gasteiger partial charge in [-0.25, -0.2) is 9.97 Å². The summed E-state index contributed by atoms with van der Waals surface area (Å²) in [5.74, 6) is 1.37. The van der Waals surface area contributed by atoms with Crippen molar-refractivity contribution >= 4 is 11.7 Å². The highest BCUT2D eigenvalue weighted by atomic mass is 16.1. The molecule has 1 aliphatic heterocycles. The van der Waals surface area contributed by atoms with Gasteiger partial charge in [-0.15, -0.1) is 0 Å². The third-order valence-corrected chi connectivity index (χ3v) is 4.79. The molecule has 1 aromatic rings. The fraction of sp³-hybridized carbons (Fsp3) is 0.632. The molecule has 1 N–H and O–H groups in total. The molecule has 1 aromatic heterocycles. The van der Waals surface area contributed by atoms with E-state index in [0.717, 1.165) is 43.1 Å². The van der Waals surface area contributed by atoms with Crippen LogP contribution in [0, 0.1) is 19.3 Å². The van der Waals surface area contributed by atoms with Gasteiger partial charge < -0.3 is 10.2 Å². The first-order valence-corrected chi connectivity index (χ1v) is 8.78. The van der Waals surface area contributed by atoms with Gasteiger partial charge in [-0.1, -0.05) is 19.9 Å². The van der Waals surface area contributed by atoms with Crippen molar-refractivity contribution < 1.29 is 4.79 Å². The van der Waals surface area contributed by atoms with E-state index in [4.69, 9.17) is 0 Å². The summed E-state index contributed by atoms with van der Waals surface area (Å²) < 4.78 is 0. The van der Waals surface area contributed by atoms with Gasteiger partial charge in [0, 0.05) is 18.8 Å². The summed E-state index contributed by atoms with van der Waals surface area (Å²) in [6, 6.07) is 0. The Balaban J connectivity index is 2.39. The van der Waals surface area contributed by atoms with E-state index >= 15 is 0 Å². The third-order valence-electron chi connectivity index (χ3n) is 4.79. The van der Waals surface area contributed by atoms with Gasteiger partial charge >= 0.3 is 0 Å². The minimum absolute atomic E-state index is 0.124. The molecule has 5 heteroatoms. The molecule has 0 spiro atoms. The molecule has 24 heavy (non-hydrogen) atoms. The second-order valence-electron chi connectivity index (χ2n) is 7.49. The van der Waals surface area contributed by atoms with Crippen LogP contribution in [0.3, 0.4) is 0 Å². The van der Waals surface area contributed by atoms with Crippen molar-refractivity contribution in [3.63, 3.8) is 0 Å². The van der Waals surface area contributed by atoms with Crippen molar-refractivity contribution in [2.75, 3.05) is 18.0 Å². The summed E-state index contributed by atoms with van der Waals surface area (Å²) in [7, 11) is 0. The Labute approximate surface area is 145 Å². The molecule has 1 fully saturated rings. The lowest BCUT2D eigenvalue weighted by molar-refractivity contribution is 0.0965. The van der Waals surface area contributed by atoms with Crippen LogP contribution in [0.4, 0.5) is 5.82 Å². The van der Waals surface area contributed by atoms with Gasteiger partial charge in [0.2, 0.25) is 0 Å². The number of allylic oxidation sites excluding steroid dienone is 2. The number of carbonyl (C=O) groups is 1. The van der Waals surface area contributed by atoms with Crippen molar-refractivity contribution in [1.29, 1.82) is 0 Å². The molecule has 2 heterocycles. The lowest BCUT2D eigenvalue weighted by Gasteiger charge is -2.26. The van der Waals surface area contributed by atoms with Crippen molar-refractivity contribution in [2.45, 2.75) is 60.8 Å². The summed E-state index contributed by atoms with van der Waals surface area (Å²) in [5.41, 5.74) is 2.52. The minimum Gasteiger partial charge on any atom is -0.356 e. The molecule has 5 nitrogen and oxygen atoms in total. The van der Waals surface area contributed by atoms with Crippen LogP contribution in [0.1, 0.15) is 68.8 Å². The third kappa shape index (κ3) is 4.34. The maximum atomic E-state index is 12.8. The van der Waals surface area contributed by atoms with E-state index in [1.807, 2.05) is 33.8 Å². The van der Waals surface area contributed by atoms with Gasteiger partial charge in [0.1, 0.15) is 17.2 Å². The van der Waals surface area contributed by atoms with E-state index in [9.17, 15) is 4.79 Å². The lowest BCUT2D eigenvalue weighted by atomic mass is 9.85. The second kappa shape index (κ2) is 7.32. The Kier molecular flexibility index (Phi) is 5.62. The SMILES string of the molecule is C/C=C(\C)NC(=O)c1c(C)nc(C)nc1N1CCCC(C)(C)CC1. The number of carbonyl (C=O) groups excluding carboxylic acids is 1. The summed E-state index contributed by atoms with van der Waals surface area (Å²) in [6.45, 7) is 14.1. The van der Waals surface area contributed by atoms with Crippen LogP contribution in [-0.4, -0.2) is 29.0 Å². The summed E-state index contributed by atoms with van der Waals surface area (Å²) in [6.07, 6.45) is 5.30. The number of nitrogens with one attached hydrogen (secondary N) is 1. The van der Waals surface area contributed by atoms with E-state index in [0.29, 0.717) is 16.8 Å². The molecule has 132 valence electrons. The van der Waals surface area contributed by atoms with Crippen molar-refractivity contribution in [1.82, 2.24) is 15.3 Å². The minimum atomic E-state index is -0.124. The number of aromatic nitrogens is 2. The molecule has 0 atom stereocenters. The average molecular weight is 330 g/mol. The largest absolute Gasteiger partial charge is 0.356 e. The fourth-order valence-corrected chi connectivity index (χ4v) is 3.14. The monoisotopic (exact) mass is 330 g/mol. The Morgan fingerprint density at radius 2 is 1.92 bits per heavy atom. The van der Waals surface area contributed by atoms with Crippen LogP contribution in [0.25, 0.3) is 0 Å². The highest BCUT2D eigenvalue weighted by Crippen LogP contribution is 2.32. The first-order chi connectivity index (χ1) is 11.2. The number of amides is 1. The summed E-state index contributed by atoms with van der Waals surface area (Å²) in [4.78, 5) is 24.1. The van der Waals surface area contributed by atoms with E-state index in [-0.39, 0.29) is 5.91 Å². The van der Waals surface area contributed by atoms with Crippen LogP contribution < -0.4 is 10.2 Å². The maximum Gasteiger partial charge on any atom is 0.261 e. The number of nitrogens with zero attached hydrogens (tertiary/aromatic N) is 3. The summed E-state index contributed by atoms with van der Waals surface area (Å²) >= 11 is 0. The lowest BCUT2D eigenvalue weighted by Crippen LogP contribution is -2.32. The molecule has 0 bridgehead atoms. The van der Waals surface area contributed by atoms with E-state index < -0.39 is 0 Å². The Bertz CT molecular complexity index is 649. The number of anilines is 1. The predicted octanol–water partition coefficient (Wildman–Crippen LogP) is 3.76. The zero-order valence-corrected chi connectivity index (χ0v) is 15.9. The van der Waals surface area contributed by atoms with Gasteiger partial charge in [-0.05, 0) is 52.4 Å². The highest BCUT2D eigenvalue weighted by molar-refractivity contribution is 6.00. The molecule has 1 saturated heterocycles. The first kappa shape index (κ1) is 18.4. The molecule has 2 rings (SSSR count). The molecule has 0 aromatic carbocycles. The number of aryl methyl sites for hydroxylation is 2. The molecular formula is C19H30N4O. The molecule has 1 aliphatic rings. The molecular weight excluding hydrogens is 300 g/mol. The summed E-state index contributed by atoms with van der Waals surface area (Å²) in [5, 5.41) is 2.93. The van der Waals surface area contributed by atoms with Gasteiger partial charge in [0.05, 0.1) is 5.69 Å². The zero-order valence-electron chi connectivity index (χ0n) is 15.9. The van der Waals surface area contributed by atoms with E-state index in [2.05, 4.69) is 34.0 Å². The number of hydrogen-bond donors (Lipinski definition) is 1. The van der Waals surface area contributed by atoms with E-state index in [1.54, 1.807) is 0 Å². The normalized spacial score (nSPS) is 18.2. The molecule has 0 saturated carbocycles. The predicted molar refractivity (Wildman–Crippen MR) is 98.2 cm³/mol. The van der Waals surface area contributed by atoms with Crippen LogP contribution >= 0.6 is 0 Å². The zero-order chi connectivity index (χ0) is 17.9. The van der Waals surface area contributed by atoms with Gasteiger partial charge in [-0.3, -0.25) is 4.79 Å². The second-order valence-corrected chi connectivity index (χ2v) is 7.49. The van der Waals surface area contributed by atoms with Crippen LogP contribution in [0.2, 0.25) is 0 Å². The van der Waals surface area contributed by atoms with E-state index in [1.165, 1.54) is 6.42 Å². The number of hydrogen-bond acceptors (Lipinski definition) is 4. The van der Waals surface area contributed by atoms with Crippen LogP contribution in [0.15, 0.2) is 11.8 Å². The standard InChI is InChI=1S/C19H30N4O/c1-7-13(2)20-18(24)16-14(3)21-15(4)22-17(16)23-11-8-9-19(5,6)10-12-23/h7H,8-12H2,1-6H3,(H,20,24)/b13-7+. The number of rotatable bonds is 3. The smallest absolute Gasteiger partial charge is 0.261 e.